The summed E-state index contributed by atoms with van der Waals surface area (Å²) in [5.74, 6) is 1.82. The monoisotopic (exact) mass is 394 g/mol. The minimum Gasteiger partial charge on any atom is -0.504 e. The Morgan fingerprint density at radius 2 is 1.57 bits per heavy atom. The molecule has 30 heavy (non-hydrogen) atoms. The van der Waals surface area contributed by atoms with Gasteiger partial charge in [0.15, 0.2) is 17.3 Å². The highest BCUT2D eigenvalue weighted by Gasteiger charge is 2.16. The van der Waals surface area contributed by atoms with E-state index in [-0.39, 0.29) is 5.75 Å². The zero-order valence-corrected chi connectivity index (χ0v) is 16.2. The molecule has 0 bridgehead atoms. The molecule has 1 heterocycles. The highest BCUT2D eigenvalue weighted by molar-refractivity contribution is 5.87. The van der Waals surface area contributed by atoms with Gasteiger partial charge in [-0.05, 0) is 47.2 Å². The van der Waals surface area contributed by atoms with Gasteiger partial charge >= 0.3 is 0 Å². The molecule has 0 aliphatic carbocycles. The first-order valence-corrected chi connectivity index (χ1v) is 9.53. The number of aromatic hydroxyl groups is 1. The molecule has 0 radical (unpaired) electrons. The van der Waals surface area contributed by atoms with Crippen LogP contribution in [0.1, 0.15) is 0 Å². The molecule has 0 atom stereocenters. The zero-order valence-electron chi connectivity index (χ0n) is 16.2. The molecule has 146 valence electrons. The number of fused-ring (bicyclic) bond motifs is 2. The number of benzene rings is 4. The smallest absolute Gasteiger partial charge is 0.230 e. The summed E-state index contributed by atoms with van der Waals surface area (Å²) in [4.78, 5) is 9.26. The summed E-state index contributed by atoms with van der Waals surface area (Å²) in [6.45, 7) is 0. The average Bonchev–Trinajstić information content (AvgIpc) is 2.79. The molecular weight excluding hydrogens is 376 g/mol. The van der Waals surface area contributed by atoms with Crippen molar-refractivity contribution in [1.82, 2.24) is 9.97 Å². The molecule has 0 amide bonds. The lowest BCUT2D eigenvalue weighted by Gasteiger charge is -2.12. The van der Waals surface area contributed by atoms with E-state index >= 15 is 0 Å². The van der Waals surface area contributed by atoms with Crippen LogP contribution in [0.15, 0.2) is 84.9 Å². The van der Waals surface area contributed by atoms with Gasteiger partial charge in [0.25, 0.3) is 0 Å². The standard InChI is InChI=1S/C25H18N2O3/c1-29-22-12-6-10-20(23(22)28)24-26-21-11-5-4-9-19(21)25(27-24)30-18-14-13-16-7-2-3-8-17(16)15-18/h2-15,28H,1H3. The second kappa shape index (κ2) is 7.37. The van der Waals surface area contributed by atoms with Crippen molar-refractivity contribution in [3.63, 3.8) is 0 Å². The van der Waals surface area contributed by atoms with Crippen LogP contribution in [0.5, 0.6) is 23.1 Å². The predicted octanol–water partition coefficient (Wildman–Crippen LogP) is 5.96. The van der Waals surface area contributed by atoms with Crippen molar-refractivity contribution in [2.45, 2.75) is 0 Å². The lowest BCUT2D eigenvalue weighted by atomic mass is 10.1. The molecule has 1 N–H and O–H groups in total. The quantitative estimate of drug-likeness (QED) is 0.408. The minimum absolute atomic E-state index is 0.00747. The molecule has 0 saturated carbocycles. The van der Waals surface area contributed by atoms with E-state index < -0.39 is 0 Å². The summed E-state index contributed by atoms with van der Waals surface area (Å²) in [5.41, 5.74) is 1.20. The largest absolute Gasteiger partial charge is 0.504 e. The van der Waals surface area contributed by atoms with Crippen LogP contribution in [0.2, 0.25) is 0 Å². The molecule has 1 aromatic heterocycles. The number of phenols is 1. The maximum absolute atomic E-state index is 10.6. The topological polar surface area (TPSA) is 64.5 Å². The van der Waals surface area contributed by atoms with Gasteiger partial charge in [-0.15, -0.1) is 0 Å². The summed E-state index contributed by atoms with van der Waals surface area (Å²) >= 11 is 0. The third-order valence-electron chi connectivity index (χ3n) is 4.96. The molecule has 0 aliphatic rings. The molecule has 5 aromatic rings. The summed E-state index contributed by atoms with van der Waals surface area (Å²) in [6.07, 6.45) is 0. The number of hydrogen-bond acceptors (Lipinski definition) is 5. The molecule has 5 nitrogen and oxygen atoms in total. The number of aromatic nitrogens is 2. The molecule has 0 unspecified atom stereocenters. The van der Waals surface area contributed by atoms with E-state index in [4.69, 9.17) is 9.47 Å². The van der Waals surface area contributed by atoms with Crippen LogP contribution >= 0.6 is 0 Å². The van der Waals surface area contributed by atoms with Crippen LogP contribution < -0.4 is 9.47 Å². The normalized spacial score (nSPS) is 11.0. The fraction of sp³-hybridized carbons (Fsp3) is 0.0400. The fourth-order valence-electron chi connectivity index (χ4n) is 3.46. The van der Waals surface area contributed by atoms with Crippen LogP contribution in [0.4, 0.5) is 0 Å². The van der Waals surface area contributed by atoms with E-state index in [1.54, 1.807) is 18.2 Å². The molecule has 0 saturated heterocycles. The average molecular weight is 394 g/mol. The Hall–Kier alpha value is -4.12. The fourth-order valence-corrected chi connectivity index (χ4v) is 3.46. The van der Waals surface area contributed by atoms with E-state index in [1.807, 2.05) is 60.7 Å². The number of phenolic OH excluding ortho intramolecular Hbond substituents is 1. The zero-order chi connectivity index (χ0) is 20.5. The van der Waals surface area contributed by atoms with Crippen molar-refractivity contribution < 1.29 is 14.6 Å². The van der Waals surface area contributed by atoms with Gasteiger partial charge in [0.2, 0.25) is 5.88 Å². The summed E-state index contributed by atoms with van der Waals surface area (Å²) in [7, 11) is 1.51. The minimum atomic E-state index is -0.00747. The van der Waals surface area contributed by atoms with E-state index in [9.17, 15) is 5.11 Å². The second-order valence-electron chi connectivity index (χ2n) is 6.84. The molecule has 4 aromatic carbocycles. The lowest BCUT2D eigenvalue weighted by molar-refractivity contribution is 0.374. The SMILES string of the molecule is COc1cccc(-c2nc(Oc3ccc4ccccc4c3)c3ccccc3n2)c1O. The van der Waals surface area contributed by atoms with Crippen LogP contribution in [0, 0.1) is 0 Å². The Morgan fingerprint density at radius 3 is 2.43 bits per heavy atom. The van der Waals surface area contributed by atoms with Gasteiger partial charge < -0.3 is 14.6 Å². The Bertz CT molecular complexity index is 1380. The van der Waals surface area contributed by atoms with Gasteiger partial charge in [-0.2, -0.15) is 4.98 Å². The maximum atomic E-state index is 10.6. The first-order chi connectivity index (χ1) is 14.7. The number of para-hydroxylation sites is 2. The third-order valence-corrected chi connectivity index (χ3v) is 4.96. The van der Waals surface area contributed by atoms with Crippen molar-refractivity contribution in [3.8, 4) is 34.5 Å². The Balaban J connectivity index is 1.65. The van der Waals surface area contributed by atoms with Gasteiger partial charge in [-0.1, -0.05) is 48.5 Å². The molecule has 5 rings (SSSR count). The van der Waals surface area contributed by atoms with E-state index in [1.165, 1.54) is 7.11 Å². The number of ether oxygens (including phenoxy) is 2. The van der Waals surface area contributed by atoms with Gasteiger partial charge in [0.05, 0.1) is 23.6 Å². The van der Waals surface area contributed by atoms with Crippen molar-refractivity contribution in [1.29, 1.82) is 0 Å². The Morgan fingerprint density at radius 1 is 0.767 bits per heavy atom. The first kappa shape index (κ1) is 17.9. The van der Waals surface area contributed by atoms with Gasteiger partial charge in [-0.3, -0.25) is 0 Å². The highest BCUT2D eigenvalue weighted by Crippen LogP contribution is 2.38. The van der Waals surface area contributed by atoms with E-state index in [0.717, 1.165) is 21.7 Å². The van der Waals surface area contributed by atoms with Crippen molar-refractivity contribution >= 4 is 21.7 Å². The highest BCUT2D eigenvalue weighted by atomic mass is 16.5. The molecule has 0 aliphatic heterocycles. The van der Waals surface area contributed by atoms with Crippen molar-refractivity contribution in [2.75, 3.05) is 7.11 Å². The van der Waals surface area contributed by atoms with Gasteiger partial charge in [0.1, 0.15) is 5.75 Å². The Labute approximate surface area is 173 Å². The molecule has 0 spiro atoms. The van der Waals surface area contributed by atoms with Crippen LogP contribution in [-0.4, -0.2) is 22.2 Å². The predicted molar refractivity (Wildman–Crippen MR) is 117 cm³/mol. The van der Waals surface area contributed by atoms with Crippen LogP contribution in [0.25, 0.3) is 33.1 Å². The first-order valence-electron chi connectivity index (χ1n) is 9.53. The molecule has 5 heteroatoms. The van der Waals surface area contributed by atoms with Gasteiger partial charge in [0, 0.05) is 0 Å². The number of methoxy groups -OCH3 is 1. The molecule has 0 fully saturated rings. The number of rotatable bonds is 4. The third kappa shape index (κ3) is 3.16. The van der Waals surface area contributed by atoms with Crippen molar-refractivity contribution in [3.05, 3.63) is 84.9 Å². The second-order valence-corrected chi connectivity index (χ2v) is 6.84. The summed E-state index contributed by atoms with van der Waals surface area (Å²) in [5, 5.41) is 13.6. The lowest BCUT2D eigenvalue weighted by Crippen LogP contribution is -1.97. The number of hydrogen-bond donors (Lipinski definition) is 1. The summed E-state index contributed by atoms with van der Waals surface area (Å²) in [6, 6.07) is 26.9. The maximum Gasteiger partial charge on any atom is 0.230 e. The van der Waals surface area contributed by atoms with E-state index in [0.29, 0.717) is 28.8 Å². The van der Waals surface area contributed by atoms with Crippen LogP contribution in [-0.2, 0) is 0 Å². The van der Waals surface area contributed by atoms with Crippen molar-refractivity contribution in [2.24, 2.45) is 0 Å². The Kier molecular flexibility index (Phi) is 4.41. The van der Waals surface area contributed by atoms with Crippen LogP contribution in [0.3, 0.4) is 0 Å². The molecular formula is C25H18N2O3. The number of nitrogens with zero attached hydrogens (tertiary/aromatic N) is 2. The van der Waals surface area contributed by atoms with E-state index in [2.05, 4.69) is 16.0 Å². The summed E-state index contributed by atoms with van der Waals surface area (Å²) < 4.78 is 11.4. The van der Waals surface area contributed by atoms with Gasteiger partial charge in [-0.25, -0.2) is 4.98 Å².